The van der Waals surface area contributed by atoms with Crippen LogP contribution in [0, 0.1) is 0 Å². The minimum Gasteiger partial charge on any atom is -0.469 e. The molecule has 25 heavy (non-hydrogen) atoms. The number of nitrogens with zero attached hydrogens (tertiary/aromatic N) is 1. The van der Waals surface area contributed by atoms with Gasteiger partial charge in [-0.15, -0.1) is 0 Å². The smallest absolute Gasteiger partial charge is 0.308 e. The molecule has 0 aliphatic carbocycles. The highest BCUT2D eigenvalue weighted by atomic mass is 28.4. The summed E-state index contributed by atoms with van der Waals surface area (Å²) in [5.74, 6) is -0.454. The quantitative estimate of drug-likeness (QED) is 0.397. The molecule has 1 atom stereocenters. The van der Waals surface area contributed by atoms with E-state index in [0.717, 1.165) is 5.56 Å². The van der Waals surface area contributed by atoms with Gasteiger partial charge in [-0.25, -0.2) is 0 Å². The summed E-state index contributed by atoms with van der Waals surface area (Å²) in [6.07, 6.45) is 6.35. The number of pyridine rings is 1. The molecule has 0 amide bonds. The van der Waals surface area contributed by atoms with E-state index in [1.54, 1.807) is 18.5 Å². The standard InChI is InChI=1S/C19H29NO4Si/c1-19(2,3)25(5,6)24-17(13-18(22)23-4)12-16(21)10-9-15-8-7-11-20-14-15/h7-11,14,17H,12-13H2,1-6H3/t17-/m1/s1. The number of hydrogen-bond donors (Lipinski definition) is 0. The number of ether oxygens (including phenoxy) is 1. The number of aromatic nitrogens is 1. The van der Waals surface area contributed by atoms with Crippen LogP contribution < -0.4 is 0 Å². The molecule has 0 spiro atoms. The molecule has 0 N–H and O–H groups in total. The molecule has 138 valence electrons. The number of ketones is 1. The lowest BCUT2D eigenvalue weighted by Crippen LogP contribution is -2.44. The van der Waals surface area contributed by atoms with Crippen LogP contribution in [0.15, 0.2) is 30.6 Å². The van der Waals surface area contributed by atoms with Crippen LogP contribution >= 0.6 is 0 Å². The van der Waals surface area contributed by atoms with E-state index in [1.807, 2.05) is 12.1 Å². The fourth-order valence-electron chi connectivity index (χ4n) is 1.97. The van der Waals surface area contributed by atoms with Gasteiger partial charge >= 0.3 is 5.97 Å². The van der Waals surface area contributed by atoms with E-state index in [1.165, 1.54) is 13.2 Å². The van der Waals surface area contributed by atoms with E-state index in [9.17, 15) is 9.59 Å². The summed E-state index contributed by atoms with van der Waals surface area (Å²) in [4.78, 5) is 28.0. The first kappa shape index (κ1) is 21.2. The van der Waals surface area contributed by atoms with Crippen LogP contribution in [0.5, 0.6) is 0 Å². The molecular weight excluding hydrogens is 334 g/mol. The number of methoxy groups -OCH3 is 1. The van der Waals surface area contributed by atoms with Crippen molar-refractivity contribution in [1.82, 2.24) is 4.98 Å². The van der Waals surface area contributed by atoms with Crippen LogP contribution in [0.1, 0.15) is 39.2 Å². The summed E-state index contributed by atoms with van der Waals surface area (Å²) in [7, 11) is -0.752. The van der Waals surface area contributed by atoms with Crippen molar-refractivity contribution in [3.8, 4) is 0 Å². The average molecular weight is 364 g/mol. The molecule has 0 aliphatic heterocycles. The summed E-state index contributed by atoms with van der Waals surface area (Å²) in [5, 5.41) is -0.00400. The molecule has 0 unspecified atom stereocenters. The third-order valence-corrected chi connectivity index (χ3v) is 9.00. The molecular formula is C19H29NO4Si. The summed E-state index contributed by atoms with van der Waals surface area (Å²) in [6, 6.07) is 3.68. The van der Waals surface area contributed by atoms with Crippen molar-refractivity contribution >= 4 is 26.1 Å². The van der Waals surface area contributed by atoms with Gasteiger partial charge in [-0.3, -0.25) is 14.6 Å². The number of rotatable bonds is 8. The Morgan fingerprint density at radius 3 is 2.48 bits per heavy atom. The van der Waals surface area contributed by atoms with Gasteiger partial charge in [0.1, 0.15) is 0 Å². The van der Waals surface area contributed by atoms with Crippen LogP contribution in [0.3, 0.4) is 0 Å². The fourth-order valence-corrected chi connectivity index (χ4v) is 3.33. The molecule has 5 nitrogen and oxygen atoms in total. The van der Waals surface area contributed by atoms with Gasteiger partial charge < -0.3 is 9.16 Å². The Bertz CT molecular complexity index is 606. The first-order chi connectivity index (χ1) is 11.5. The zero-order valence-electron chi connectivity index (χ0n) is 16.0. The molecule has 1 aromatic rings. The normalized spacial score (nSPS) is 13.7. The highest BCUT2D eigenvalue weighted by Gasteiger charge is 2.39. The van der Waals surface area contributed by atoms with Crippen molar-refractivity contribution < 1.29 is 18.8 Å². The van der Waals surface area contributed by atoms with E-state index in [0.29, 0.717) is 0 Å². The predicted molar refractivity (Wildman–Crippen MR) is 102 cm³/mol. The van der Waals surface area contributed by atoms with E-state index >= 15 is 0 Å². The Morgan fingerprint density at radius 1 is 1.28 bits per heavy atom. The summed E-state index contributed by atoms with van der Waals surface area (Å²) in [6.45, 7) is 10.6. The third kappa shape index (κ3) is 7.32. The van der Waals surface area contributed by atoms with Crippen LogP contribution in [-0.2, 0) is 18.8 Å². The molecule has 1 aromatic heterocycles. The Labute approximate surface area is 151 Å². The summed E-state index contributed by atoms with van der Waals surface area (Å²) in [5.41, 5.74) is 0.852. The zero-order valence-corrected chi connectivity index (χ0v) is 17.0. The van der Waals surface area contributed by atoms with Crippen molar-refractivity contribution in [2.45, 2.75) is 57.8 Å². The lowest BCUT2D eigenvalue weighted by atomic mass is 10.1. The van der Waals surface area contributed by atoms with Crippen LogP contribution in [0.25, 0.3) is 6.08 Å². The van der Waals surface area contributed by atoms with Gasteiger partial charge in [0.15, 0.2) is 14.1 Å². The monoisotopic (exact) mass is 363 g/mol. The minimum absolute atomic E-state index is 0.00400. The molecule has 1 heterocycles. The maximum absolute atomic E-state index is 12.3. The van der Waals surface area contributed by atoms with Gasteiger partial charge in [0.25, 0.3) is 0 Å². The molecule has 0 radical (unpaired) electrons. The van der Waals surface area contributed by atoms with E-state index in [4.69, 9.17) is 9.16 Å². The summed E-state index contributed by atoms with van der Waals surface area (Å²) < 4.78 is 11.0. The number of carbonyl (C=O) groups is 2. The van der Waals surface area contributed by atoms with Crippen molar-refractivity contribution in [1.29, 1.82) is 0 Å². The second kappa shape index (κ2) is 9.06. The SMILES string of the molecule is COC(=O)C[C@@H](CC(=O)C=Cc1cccnc1)O[Si](C)(C)C(C)(C)C. The molecule has 1 rings (SSSR count). The summed E-state index contributed by atoms with van der Waals surface area (Å²) >= 11 is 0. The highest BCUT2D eigenvalue weighted by Crippen LogP contribution is 2.38. The lowest BCUT2D eigenvalue weighted by Gasteiger charge is -2.39. The topological polar surface area (TPSA) is 65.5 Å². The second-order valence-electron chi connectivity index (χ2n) is 7.57. The number of allylic oxidation sites excluding steroid dienone is 1. The fraction of sp³-hybridized carbons (Fsp3) is 0.526. The molecule has 0 saturated carbocycles. The van der Waals surface area contributed by atoms with E-state index in [-0.39, 0.29) is 29.6 Å². The molecule has 0 bridgehead atoms. The third-order valence-electron chi connectivity index (χ3n) is 4.46. The average Bonchev–Trinajstić information content (AvgIpc) is 2.52. The Hall–Kier alpha value is -1.79. The van der Waals surface area contributed by atoms with E-state index < -0.39 is 14.4 Å². The molecule has 0 aromatic carbocycles. The Morgan fingerprint density at radius 2 is 1.96 bits per heavy atom. The van der Waals surface area contributed by atoms with Gasteiger partial charge in [0.05, 0.1) is 19.6 Å². The van der Waals surface area contributed by atoms with Crippen LogP contribution in [-0.4, -0.2) is 38.3 Å². The lowest BCUT2D eigenvalue weighted by molar-refractivity contribution is -0.142. The van der Waals surface area contributed by atoms with Gasteiger partial charge in [-0.1, -0.05) is 26.8 Å². The van der Waals surface area contributed by atoms with E-state index in [2.05, 4.69) is 38.8 Å². The molecule has 0 saturated heterocycles. The van der Waals surface area contributed by atoms with Crippen molar-refractivity contribution in [3.05, 3.63) is 36.2 Å². The zero-order chi connectivity index (χ0) is 19.1. The second-order valence-corrected chi connectivity index (χ2v) is 12.3. The number of esters is 1. The van der Waals surface area contributed by atoms with Crippen LogP contribution in [0.4, 0.5) is 0 Å². The molecule has 0 aliphatic rings. The van der Waals surface area contributed by atoms with Gasteiger partial charge in [-0.2, -0.15) is 0 Å². The largest absolute Gasteiger partial charge is 0.469 e. The molecule has 6 heteroatoms. The van der Waals surface area contributed by atoms with Gasteiger partial charge in [-0.05, 0) is 41.9 Å². The maximum atomic E-state index is 12.3. The highest BCUT2D eigenvalue weighted by molar-refractivity contribution is 6.74. The maximum Gasteiger partial charge on any atom is 0.308 e. The van der Waals surface area contributed by atoms with Crippen molar-refractivity contribution in [2.24, 2.45) is 0 Å². The minimum atomic E-state index is -2.10. The van der Waals surface area contributed by atoms with Gasteiger partial charge in [0, 0.05) is 18.8 Å². The predicted octanol–water partition coefficient (Wildman–Crippen LogP) is 4.01. The van der Waals surface area contributed by atoms with Gasteiger partial charge in [0.2, 0.25) is 0 Å². The number of carbonyl (C=O) groups excluding carboxylic acids is 2. The van der Waals surface area contributed by atoms with Crippen molar-refractivity contribution in [2.75, 3.05) is 7.11 Å². The first-order valence-corrected chi connectivity index (χ1v) is 11.3. The Balaban J connectivity index is 2.81. The number of hydrogen-bond acceptors (Lipinski definition) is 5. The van der Waals surface area contributed by atoms with Crippen LogP contribution in [0.2, 0.25) is 18.1 Å². The van der Waals surface area contributed by atoms with Crippen molar-refractivity contribution in [3.63, 3.8) is 0 Å². The first-order valence-electron chi connectivity index (χ1n) is 8.41. The Kier molecular flexibility index (Phi) is 7.70. The molecule has 0 fully saturated rings.